The van der Waals surface area contributed by atoms with Crippen LogP contribution in [-0.2, 0) is 16.2 Å². The maximum Gasteiger partial charge on any atom is 0.416 e. The topological polar surface area (TPSA) is 81.5 Å². The van der Waals surface area contributed by atoms with E-state index in [0.29, 0.717) is 11.1 Å². The van der Waals surface area contributed by atoms with Crippen molar-refractivity contribution in [1.82, 2.24) is 9.21 Å². The van der Waals surface area contributed by atoms with Crippen LogP contribution in [0.3, 0.4) is 0 Å². The van der Waals surface area contributed by atoms with Gasteiger partial charge in [-0.3, -0.25) is 4.79 Å². The van der Waals surface area contributed by atoms with Gasteiger partial charge in [-0.15, -0.1) is 0 Å². The SMILES string of the molecule is N#Cc1cccc(C(=O)N2CCN(S(=O)(=O)c3ccc(C(F)(F)F)cc3)CC2)c1. The Kier molecular flexibility index (Phi) is 5.64. The fraction of sp³-hybridized carbons (Fsp3) is 0.263. The molecule has 10 heteroatoms. The largest absolute Gasteiger partial charge is 0.416 e. The van der Waals surface area contributed by atoms with E-state index in [4.69, 9.17) is 5.26 Å². The first-order valence-electron chi connectivity index (χ1n) is 8.60. The number of rotatable bonds is 3. The predicted octanol–water partition coefficient (Wildman–Crippen LogP) is 2.72. The van der Waals surface area contributed by atoms with Crippen LogP contribution in [0, 0.1) is 11.3 Å². The van der Waals surface area contributed by atoms with Gasteiger partial charge in [-0.1, -0.05) is 6.07 Å². The Morgan fingerprint density at radius 1 is 1.00 bits per heavy atom. The molecular formula is C19H16F3N3O3S. The third-order valence-corrected chi connectivity index (χ3v) is 6.50. The van der Waals surface area contributed by atoms with Crippen molar-refractivity contribution in [1.29, 1.82) is 5.26 Å². The Morgan fingerprint density at radius 2 is 1.62 bits per heavy atom. The Bertz CT molecular complexity index is 1050. The minimum atomic E-state index is -4.54. The average molecular weight is 423 g/mol. The number of halogens is 3. The summed E-state index contributed by atoms with van der Waals surface area (Å²) >= 11 is 0. The number of amides is 1. The van der Waals surface area contributed by atoms with Gasteiger partial charge in [-0.2, -0.15) is 22.7 Å². The molecule has 1 fully saturated rings. The summed E-state index contributed by atoms with van der Waals surface area (Å²) in [6.45, 7) is 0.311. The third-order valence-electron chi connectivity index (χ3n) is 4.58. The molecule has 29 heavy (non-hydrogen) atoms. The molecule has 6 nitrogen and oxygen atoms in total. The highest BCUT2D eigenvalue weighted by Crippen LogP contribution is 2.30. The lowest BCUT2D eigenvalue weighted by atomic mass is 10.1. The second-order valence-electron chi connectivity index (χ2n) is 6.41. The molecule has 0 aromatic heterocycles. The van der Waals surface area contributed by atoms with Crippen molar-refractivity contribution in [2.75, 3.05) is 26.2 Å². The van der Waals surface area contributed by atoms with Gasteiger partial charge in [0.1, 0.15) is 0 Å². The van der Waals surface area contributed by atoms with Gasteiger partial charge in [0.05, 0.1) is 22.1 Å². The number of carbonyl (C=O) groups is 1. The molecule has 1 heterocycles. The molecule has 0 radical (unpaired) electrons. The molecular weight excluding hydrogens is 407 g/mol. The van der Waals surface area contributed by atoms with E-state index in [1.807, 2.05) is 6.07 Å². The van der Waals surface area contributed by atoms with Crippen molar-refractivity contribution in [2.45, 2.75) is 11.1 Å². The lowest BCUT2D eigenvalue weighted by molar-refractivity contribution is -0.137. The summed E-state index contributed by atoms with van der Waals surface area (Å²) in [5.74, 6) is -0.311. The molecule has 0 bridgehead atoms. The number of benzene rings is 2. The summed E-state index contributed by atoms with van der Waals surface area (Å²) in [5.41, 5.74) is -0.242. The summed E-state index contributed by atoms with van der Waals surface area (Å²) < 4.78 is 64.5. The Labute approximate surface area is 165 Å². The fourth-order valence-electron chi connectivity index (χ4n) is 3.00. The Hall–Kier alpha value is -2.90. The molecule has 1 aliphatic heterocycles. The number of piperazine rings is 1. The van der Waals surface area contributed by atoms with Crippen LogP contribution in [0.25, 0.3) is 0 Å². The molecule has 1 aliphatic rings. The van der Waals surface area contributed by atoms with Gasteiger partial charge in [0.25, 0.3) is 5.91 Å². The second-order valence-corrected chi connectivity index (χ2v) is 8.35. The van der Waals surface area contributed by atoms with Gasteiger partial charge < -0.3 is 4.90 Å². The average Bonchev–Trinajstić information content (AvgIpc) is 2.73. The highest BCUT2D eigenvalue weighted by molar-refractivity contribution is 7.89. The van der Waals surface area contributed by atoms with E-state index in [1.165, 1.54) is 11.0 Å². The quantitative estimate of drug-likeness (QED) is 0.760. The minimum absolute atomic E-state index is 0.0209. The minimum Gasteiger partial charge on any atom is -0.336 e. The number of alkyl halides is 3. The van der Waals surface area contributed by atoms with Crippen LogP contribution in [0.1, 0.15) is 21.5 Å². The first-order chi connectivity index (χ1) is 13.6. The highest BCUT2D eigenvalue weighted by atomic mass is 32.2. The smallest absolute Gasteiger partial charge is 0.336 e. The van der Waals surface area contributed by atoms with E-state index in [9.17, 15) is 26.4 Å². The zero-order valence-corrected chi connectivity index (χ0v) is 15.9. The predicted molar refractivity (Wildman–Crippen MR) is 97.3 cm³/mol. The van der Waals surface area contributed by atoms with E-state index in [1.54, 1.807) is 18.2 Å². The maximum atomic E-state index is 12.7. The van der Waals surface area contributed by atoms with E-state index < -0.39 is 21.8 Å². The van der Waals surface area contributed by atoms with Crippen molar-refractivity contribution in [2.24, 2.45) is 0 Å². The van der Waals surface area contributed by atoms with Gasteiger partial charge in [-0.25, -0.2) is 8.42 Å². The lowest BCUT2D eigenvalue weighted by Gasteiger charge is -2.34. The third kappa shape index (κ3) is 4.41. The number of nitriles is 1. The summed E-state index contributed by atoms with van der Waals surface area (Å²) in [4.78, 5) is 13.8. The van der Waals surface area contributed by atoms with E-state index >= 15 is 0 Å². The molecule has 2 aromatic carbocycles. The maximum absolute atomic E-state index is 12.7. The lowest BCUT2D eigenvalue weighted by Crippen LogP contribution is -2.50. The normalized spacial score (nSPS) is 15.7. The summed E-state index contributed by atoms with van der Waals surface area (Å²) in [6.07, 6.45) is -4.54. The zero-order valence-electron chi connectivity index (χ0n) is 15.1. The van der Waals surface area contributed by atoms with Crippen LogP contribution >= 0.6 is 0 Å². The van der Waals surface area contributed by atoms with E-state index in [0.717, 1.165) is 28.6 Å². The van der Waals surface area contributed by atoms with Crippen LogP contribution in [0.2, 0.25) is 0 Å². The number of carbonyl (C=O) groups excluding carboxylic acids is 1. The number of hydrogen-bond acceptors (Lipinski definition) is 4. The van der Waals surface area contributed by atoms with Crippen molar-refractivity contribution >= 4 is 15.9 Å². The molecule has 1 saturated heterocycles. The van der Waals surface area contributed by atoms with Crippen molar-refractivity contribution in [3.05, 3.63) is 65.2 Å². The summed E-state index contributed by atoms with van der Waals surface area (Å²) in [6, 6.07) is 11.5. The molecule has 0 unspecified atom stereocenters. The standard InChI is InChI=1S/C19H16F3N3O3S/c20-19(21,22)16-4-6-17(7-5-16)29(27,28)25-10-8-24(9-11-25)18(26)15-3-1-2-14(12-15)13-23/h1-7,12H,8-11H2. The second kappa shape index (κ2) is 7.85. The van der Waals surface area contributed by atoms with Gasteiger partial charge >= 0.3 is 6.18 Å². The van der Waals surface area contributed by atoms with Gasteiger partial charge in [0.2, 0.25) is 10.0 Å². The van der Waals surface area contributed by atoms with Crippen molar-refractivity contribution < 1.29 is 26.4 Å². The zero-order chi connectivity index (χ0) is 21.2. The number of sulfonamides is 1. The van der Waals surface area contributed by atoms with Crippen LogP contribution in [0.5, 0.6) is 0 Å². The molecule has 0 aliphatic carbocycles. The van der Waals surface area contributed by atoms with Crippen molar-refractivity contribution in [3.8, 4) is 6.07 Å². The van der Waals surface area contributed by atoms with Crippen molar-refractivity contribution in [3.63, 3.8) is 0 Å². The van der Waals surface area contributed by atoms with Gasteiger partial charge in [-0.05, 0) is 42.5 Å². The summed E-state index contributed by atoms with van der Waals surface area (Å²) in [7, 11) is -3.96. The van der Waals surface area contributed by atoms with Gasteiger partial charge in [0.15, 0.2) is 0 Å². The van der Waals surface area contributed by atoms with Crippen LogP contribution in [0.4, 0.5) is 13.2 Å². The summed E-state index contributed by atoms with van der Waals surface area (Å²) in [5, 5.41) is 8.94. The molecule has 1 amide bonds. The molecule has 0 N–H and O–H groups in total. The monoisotopic (exact) mass is 423 g/mol. The van der Waals surface area contributed by atoms with E-state index in [-0.39, 0.29) is 37.0 Å². The first-order valence-corrected chi connectivity index (χ1v) is 10.0. The molecule has 0 saturated carbocycles. The molecule has 0 atom stereocenters. The van der Waals surface area contributed by atoms with Crippen LogP contribution < -0.4 is 0 Å². The highest BCUT2D eigenvalue weighted by Gasteiger charge is 2.33. The molecule has 0 spiro atoms. The van der Waals surface area contributed by atoms with Crippen LogP contribution in [0.15, 0.2) is 53.4 Å². The molecule has 152 valence electrons. The molecule has 3 rings (SSSR count). The first kappa shape index (κ1) is 20.8. The number of nitrogens with zero attached hydrogens (tertiary/aromatic N) is 3. The Balaban J connectivity index is 1.69. The Morgan fingerprint density at radius 3 is 2.17 bits per heavy atom. The number of hydrogen-bond donors (Lipinski definition) is 0. The van der Waals surface area contributed by atoms with Crippen LogP contribution in [-0.4, -0.2) is 49.7 Å². The van der Waals surface area contributed by atoms with E-state index in [2.05, 4.69) is 0 Å². The molecule has 2 aromatic rings. The fourth-order valence-corrected chi connectivity index (χ4v) is 4.42. The van der Waals surface area contributed by atoms with Gasteiger partial charge in [0, 0.05) is 31.7 Å².